The Kier molecular flexibility index (Phi) is 7.68. The van der Waals surface area contributed by atoms with Crippen LogP contribution in [0.2, 0.25) is 0 Å². The van der Waals surface area contributed by atoms with E-state index in [0.29, 0.717) is 18.0 Å². The third-order valence-electron chi connectivity index (χ3n) is 3.85. The molecule has 2 aromatic rings. The van der Waals surface area contributed by atoms with Crippen LogP contribution in [0.5, 0.6) is 5.75 Å². The molecule has 9 nitrogen and oxygen atoms in total. The molecular weight excluding hydrogens is 378 g/mol. The topological polar surface area (TPSA) is 123 Å². The minimum absolute atomic E-state index is 0.0908. The van der Waals surface area contributed by atoms with E-state index < -0.39 is 23.4 Å². The molecule has 1 amide bonds. The molecule has 2 aromatic carbocycles. The summed E-state index contributed by atoms with van der Waals surface area (Å²) in [5, 5.41) is 19.5. The van der Waals surface area contributed by atoms with Crippen molar-refractivity contribution in [2.45, 2.75) is 13.3 Å². The number of nitro benzene ring substituents is 1. The van der Waals surface area contributed by atoms with E-state index in [2.05, 4.69) is 0 Å². The van der Waals surface area contributed by atoms with Gasteiger partial charge in [0.25, 0.3) is 11.6 Å². The highest BCUT2D eigenvalue weighted by Crippen LogP contribution is 2.20. The van der Waals surface area contributed by atoms with E-state index in [1.807, 2.05) is 13.0 Å². The molecule has 0 bridgehead atoms. The van der Waals surface area contributed by atoms with Gasteiger partial charge in [0.2, 0.25) is 0 Å². The van der Waals surface area contributed by atoms with Crippen LogP contribution < -0.4 is 9.64 Å². The Morgan fingerprint density at radius 3 is 2.34 bits per heavy atom. The summed E-state index contributed by atoms with van der Waals surface area (Å²) < 4.78 is 10.4. The first-order valence-electron chi connectivity index (χ1n) is 8.78. The first-order valence-corrected chi connectivity index (χ1v) is 8.78. The number of anilines is 1. The Balaban J connectivity index is 2.04. The number of nitriles is 1. The van der Waals surface area contributed by atoms with Gasteiger partial charge in [-0.2, -0.15) is 5.26 Å². The van der Waals surface area contributed by atoms with Gasteiger partial charge in [0.05, 0.1) is 29.6 Å². The van der Waals surface area contributed by atoms with Gasteiger partial charge in [-0.25, -0.2) is 4.79 Å². The van der Waals surface area contributed by atoms with Crippen molar-refractivity contribution in [3.8, 4) is 11.8 Å². The average molecular weight is 397 g/mol. The van der Waals surface area contributed by atoms with Gasteiger partial charge in [-0.05, 0) is 43.3 Å². The van der Waals surface area contributed by atoms with Crippen LogP contribution >= 0.6 is 0 Å². The first kappa shape index (κ1) is 21.4. The second-order valence-corrected chi connectivity index (χ2v) is 5.76. The van der Waals surface area contributed by atoms with Crippen molar-refractivity contribution < 1.29 is 24.0 Å². The molecule has 0 N–H and O–H groups in total. The zero-order valence-corrected chi connectivity index (χ0v) is 15.7. The van der Waals surface area contributed by atoms with Crippen LogP contribution in [0.1, 0.15) is 23.7 Å². The molecule has 0 heterocycles. The SMILES string of the molecule is CCOc1ccc(N(CCC#N)C(=O)COC(=O)c2ccc([N+](=O)[O-])cc2)cc1. The number of carbonyl (C=O) groups is 2. The third kappa shape index (κ3) is 6.04. The summed E-state index contributed by atoms with van der Waals surface area (Å²) in [6, 6.07) is 13.6. The van der Waals surface area contributed by atoms with Crippen LogP contribution in [0.15, 0.2) is 48.5 Å². The molecule has 0 radical (unpaired) electrons. The van der Waals surface area contributed by atoms with Crippen LogP contribution in [-0.2, 0) is 9.53 Å². The maximum absolute atomic E-state index is 12.6. The Bertz CT molecular complexity index is 903. The van der Waals surface area contributed by atoms with E-state index in [4.69, 9.17) is 14.7 Å². The fraction of sp³-hybridized carbons (Fsp3) is 0.250. The molecule has 0 aliphatic rings. The lowest BCUT2D eigenvalue weighted by molar-refractivity contribution is -0.384. The number of benzene rings is 2. The smallest absolute Gasteiger partial charge is 0.338 e. The highest BCUT2D eigenvalue weighted by atomic mass is 16.6. The van der Waals surface area contributed by atoms with Gasteiger partial charge < -0.3 is 14.4 Å². The summed E-state index contributed by atoms with van der Waals surface area (Å²) in [6.07, 6.45) is 0.106. The van der Waals surface area contributed by atoms with E-state index in [1.54, 1.807) is 24.3 Å². The molecule has 150 valence electrons. The van der Waals surface area contributed by atoms with Gasteiger partial charge >= 0.3 is 5.97 Å². The number of non-ortho nitro benzene ring substituents is 1. The molecular formula is C20H19N3O6. The Labute approximate surface area is 167 Å². The number of amides is 1. The molecule has 0 aromatic heterocycles. The predicted molar refractivity (Wildman–Crippen MR) is 104 cm³/mol. The van der Waals surface area contributed by atoms with Crippen molar-refractivity contribution in [3.05, 3.63) is 64.2 Å². The Morgan fingerprint density at radius 1 is 1.14 bits per heavy atom. The van der Waals surface area contributed by atoms with E-state index >= 15 is 0 Å². The van der Waals surface area contributed by atoms with Crippen LogP contribution in [0, 0.1) is 21.4 Å². The van der Waals surface area contributed by atoms with Crippen molar-refractivity contribution in [1.29, 1.82) is 5.26 Å². The van der Waals surface area contributed by atoms with Gasteiger partial charge in [0.1, 0.15) is 5.75 Å². The highest BCUT2D eigenvalue weighted by Gasteiger charge is 2.19. The summed E-state index contributed by atoms with van der Waals surface area (Å²) in [6.45, 7) is 1.97. The largest absolute Gasteiger partial charge is 0.494 e. The molecule has 0 aliphatic carbocycles. The number of ether oxygens (including phenoxy) is 2. The van der Waals surface area contributed by atoms with Crippen molar-refractivity contribution in [2.24, 2.45) is 0 Å². The number of rotatable bonds is 9. The number of carbonyl (C=O) groups excluding carboxylic acids is 2. The van der Waals surface area contributed by atoms with E-state index in [1.165, 1.54) is 29.2 Å². The van der Waals surface area contributed by atoms with Crippen molar-refractivity contribution in [2.75, 3.05) is 24.7 Å². The Hall–Kier alpha value is -3.93. The molecule has 0 fully saturated rings. The van der Waals surface area contributed by atoms with E-state index in [-0.39, 0.29) is 24.2 Å². The molecule has 0 spiro atoms. The van der Waals surface area contributed by atoms with Crippen molar-refractivity contribution >= 4 is 23.3 Å². The lowest BCUT2D eigenvalue weighted by Crippen LogP contribution is -2.35. The number of hydrogen-bond donors (Lipinski definition) is 0. The summed E-state index contributed by atoms with van der Waals surface area (Å²) >= 11 is 0. The first-order chi connectivity index (χ1) is 14.0. The molecule has 9 heteroatoms. The lowest BCUT2D eigenvalue weighted by atomic mass is 10.2. The van der Waals surface area contributed by atoms with Crippen molar-refractivity contribution in [1.82, 2.24) is 0 Å². The highest BCUT2D eigenvalue weighted by molar-refractivity contribution is 5.97. The quantitative estimate of drug-likeness (QED) is 0.362. The van der Waals surface area contributed by atoms with Gasteiger partial charge in [-0.1, -0.05) is 0 Å². The standard InChI is InChI=1S/C20H19N3O6/c1-2-28-18-10-8-16(9-11-18)22(13-3-12-21)19(24)14-29-20(25)15-4-6-17(7-5-15)23(26)27/h4-11H,2-3,13-14H2,1H3. The molecule has 29 heavy (non-hydrogen) atoms. The maximum atomic E-state index is 12.6. The minimum Gasteiger partial charge on any atom is -0.494 e. The third-order valence-corrected chi connectivity index (χ3v) is 3.85. The van der Waals surface area contributed by atoms with Crippen LogP contribution in [0.4, 0.5) is 11.4 Å². The minimum atomic E-state index is -0.778. The second-order valence-electron chi connectivity index (χ2n) is 5.76. The maximum Gasteiger partial charge on any atom is 0.338 e. The number of hydrogen-bond acceptors (Lipinski definition) is 7. The summed E-state index contributed by atoms with van der Waals surface area (Å²) in [5.74, 6) is -0.631. The fourth-order valence-electron chi connectivity index (χ4n) is 2.46. The predicted octanol–water partition coefficient (Wildman–Crippen LogP) is 3.10. The van der Waals surface area contributed by atoms with Gasteiger partial charge in [0, 0.05) is 24.4 Å². The molecule has 0 saturated carbocycles. The van der Waals surface area contributed by atoms with Crippen LogP contribution in [0.3, 0.4) is 0 Å². The van der Waals surface area contributed by atoms with Crippen molar-refractivity contribution in [3.63, 3.8) is 0 Å². The number of nitrogens with zero attached hydrogens (tertiary/aromatic N) is 3. The average Bonchev–Trinajstić information content (AvgIpc) is 2.73. The molecule has 0 aliphatic heterocycles. The van der Waals surface area contributed by atoms with E-state index in [9.17, 15) is 19.7 Å². The molecule has 0 atom stereocenters. The van der Waals surface area contributed by atoms with Gasteiger partial charge in [0.15, 0.2) is 6.61 Å². The zero-order chi connectivity index (χ0) is 21.2. The van der Waals surface area contributed by atoms with Gasteiger partial charge in [-0.15, -0.1) is 0 Å². The number of nitro groups is 1. The molecule has 0 saturated heterocycles. The monoisotopic (exact) mass is 397 g/mol. The van der Waals surface area contributed by atoms with Crippen LogP contribution in [-0.4, -0.2) is 36.6 Å². The Morgan fingerprint density at radius 2 is 1.79 bits per heavy atom. The molecule has 0 unspecified atom stereocenters. The number of esters is 1. The van der Waals surface area contributed by atoms with E-state index in [0.717, 1.165) is 0 Å². The van der Waals surface area contributed by atoms with Gasteiger partial charge in [-0.3, -0.25) is 14.9 Å². The second kappa shape index (κ2) is 10.4. The summed E-state index contributed by atoms with van der Waals surface area (Å²) in [5.41, 5.74) is 0.476. The summed E-state index contributed by atoms with van der Waals surface area (Å²) in [4.78, 5) is 36.1. The van der Waals surface area contributed by atoms with Crippen LogP contribution in [0.25, 0.3) is 0 Å². The fourth-order valence-corrected chi connectivity index (χ4v) is 2.46. The molecule has 2 rings (SSSR count). The summed E-state index contributed by atoms with van der Waals surface area (Å²) in [7, 11) is 0. The normalized spacial score (nSPS) is 9.93. The zero-order valence-electron chi connectivity index (χ0n) is 15.7. The lowest BCUT2D eigenvalue weighted by Gasteiger charge is -2.22.